The van der Waals surface area contributed by atoms with Crippen molar-refractivity contribution in [1.29, 1.82) is 0 Å². The number of ether oxygens (including phenoxy) is 2. The molecule has 0 aliphatic rings. The molecule has 5 nitrogen and oxygen atoms in total. The molecule has 0 aromatic heterocycles. The summed E-state index contributed by atoms with van der Waals surface area (Å²) in [7, 11) is 1.63. The summed E-state index contributed by atoms with van der Waals surface area (Å²) in [4.78, 5) is 3.87. The maximum atomic E-state index is 5.59. The number of nitrogens with two attached hydrogens (primary N) is 2. The summed E-state index contributed by atoms with van der Waals surface area (Å²) in [6, 6.07) is 5.81. The lowest BCUT2D eigenvalue weighted by atomic mass is 10.2. The number of aryl methyl sites for hydroxylation is 1. The fourth-order valence-electron chi connectivity index (χ4n) is 1.35. The van der Waals surface area contributed by atoms with Crippen LogP contribution >= 0.6 is 0 Å². The zero-order valence-corrected chi connectivity index (χ0v) is 10.3. The van der Waals surface area contributed by atoms with Gasteiger partial charge in [-0.25, -0.2) is 0 Å². The minimum atomic E-state index is 0.109. The largest absolute Gasteiger partial charge is 0.493 e. The van der Waals surface area contributed by atoms with Gasteiger partial charge < -0.3 is 20.9 Å². The van der Waals surface area contributed by atoms with Crippen LogP contribution in [-0.4, -0.2) is 26.2 Å². The van der Waals surface area contributed by atoms with Crippen LogP contribution in [0.4, 0.5) is 0 Å². The fraction of sp³-hybridized carbons (Fsp3) is 0.417. The second-order valence-corrected chi connectivity index (χ2v) is 3.66. The Hall–Kier alpha value is -1.91. The molecule has 0 radical (unpaired) electrons. The summed E-state index contributed by atoms with van der Waals surface area (Å²) < 4.78 is 10.8. The number of methoxy groups -OCH3 is 1. The molecular weight excluding hydrogens is 218 g/mol. The summed E-state index contributed by atoms with van der Waals surface area (Å²) in [6.45, 7) is 3.12. The van der Waals surface area contributed by atoms with Gasteiger partial charge in [-0.15, -0.1) is 0 Å². The van der Waals surface area contributed by atoms with Crippen LogP contribution in [-0.2, 0) is 0 Å². The first-order chi connectivity index (χ1) is 8.13. The molecule has 4 N–H and O–H groups in total. The highest BCUT2D eigenvalue weighted by Crippen LogP contribution is 2.27. The molecule has 0 unspecified atom stereocenters. The third-order valence-electron chi connectivity index (χ3n) is 2.17. The van der Waals surface area contributed by atoms with Crippen LogP contribution in [0.15, 0.2) is 23.2 Å². The standard InChI is InChI=1S/C12H19N3O2/c1-9-4-5-10(11(8-9)16-2)17-7-3-6-15-12(13)14/h4-5,8H,3,6-7H2,1-2H3,(H4,13,14,15). The Kier molecular flexibility index (Phi) is 5.13. The Balaban J connectivity index is 2.43. The van der Waals surface area contributed by atoms with Gasteiger partial charge in [0.15, 0.2) is 17.5 Å². The van der Waals surface area contributed by atoms with Crippen LogP contribution in [0.1, 0.15) is 12.0 Å². The lowest BCUT2D eigenvalue weighted by molar-refractivity contribution is 0.291. The number of hydrogen-bond donors (Lipinski definition) is 2. The highest BCUT2D eigenvalue weighted by atomic mass is 16.5. The molecular formula is C12H19N3O2. The van der Waals surface area contributed by atoms with E-state index in [0.29, 0.717) is 13.2 Å². The molecule has 0 bridgehead atoms. The van der Waals surface area contributed by atoms with E-state index in [9.17, 15) is 0 Å². The number of benzene rings is 1. The van der Waals surface area contributed by atoms with Crippen LogP contribution in [0.2, 0.25) is 0 Å². The first kappa shape index (κ1) is 13.2. The summed E-state index contributed by atoms with van der Waals surface area (Å²) in [5.41, 5.74) is 11.6. The van der Waals surface area contributed by atoms with Gasteiger partial charge in [0.05, 0.1) is 13.7 Å². The molecule has 0 heterocycles. The summed E-state index contributed by atoms with van der Waals surface area (Å²) >= 11 is 0. The van der Waals surface area contributed by atoms with E-state index in [-0.39, 0.29) is 5.96 Å². The fourth-order valence-corrected chi connectivity index (χ4v) is 1.35. The van der Waals surface area contributed by atoms with Gasteiger partial charge in [0.25, 0.3) is 0 Å². The van der Waals surface area contributed by atoms with E-state index in [0.717, 1.165) is 23.5 Å². The average molecular weight is 237 g/mol. The molecule has 0 aliphatic carbocycles. The van der Waals surface area contributed by atoms with Crippen molar-refractivity contribution in [2.75, 3.05) is 20.3 Å². The van der Waals surface area contributed by atoms with Gasteiger partial charge in [0, 0.05) is 13.0 Å². The predicted octanol–water partition coefficient (Wildman–Crippen LogP) is 1.05. The van der Waals surface area contributed by atoms with Gasteiger partial charge in [0.2, 0.25) is 0 Å². The summed E-state index contributed by atoms with van der Waals surface area (Å²) in [5, 5.41) is 0. The Morgan fingerprint density at radius 2 is 2.06 bits per heavy atom. The lowest BCUT2D eigenvalue weighted by Crippen LogP contribution is -2.23. The molecule has 5 heteroatoms. The van der Waals surface area contributed by atoms with Crippen molar-refractivity contribution >= 4 is 5.96 Å². The smallest absolute Gasteiger partial charge is 0.185 e. The molecule has 1 aromatic carbocycles. The zero-order valence-electron chi connectivity index (χ0n) is 10.3. The van der Waals surface area contributed by atoms with E-state index in [1.807, 2.05) is 25.1 Å². The van der Waals surface area contributed by atoms with Crippen LogP contribution in [0.5, 0.6) is 11.5 Å². The van der Waals surface area contributed by atoms with Gasteiger partial charge in [-0.05, 0) is 24.6 Å². The summed E-state index contributed by atoms with van der Waals surface area (Å²) in [6.07, 6.45) is 0.759. The minimum absolute atomic E-state index is 0.109. The number of aliphatic imine (C=N–C) groups is 1. The number of nitrogens with zero attached hydrogens (tertiary/aromatic N) is 1. The topological polar surface area (TPSA) is 82.9 Å². The highest BCUT2D eigenvalue weighted by molar-refractivity contribution is 5.75. The maximum absolute atomic E-state index is 5.59. The second kappa shape index (κ2) is 6.62. The number of hydrogen-bond acceptors (Lipinski definition) is 3. The maximum Gasteiger partial charge on any atom is 0.185 e. The van der Waals surface area contributed by atoms with Crippen molar-refractivity contribution in [3.63, 3.8) is 0 Å². The van der Waals surface area contributed by atoms with E-state index >= 15 is 0 Å². The van der Waals surface area contributed by atoms with Crippen molar-refractivity contribution in [3.8, 4) is 11.5 Å². The Morgan fingerprint density at radius 1 is 1.29 bits per heavy atom. The van der Waals surface area contributed by atoms with Gasteiger partial charge in [0.1, 0.15) is 0 Å². The van der Waals surface area contributed by atoms with Gasteiger partial charge in [-0.2, -0.15) is 0 Å². The third-order valence-corrected chi connectivity index (χ3v) is 2.17. The van der Waals surface area contributed by atoms with Crippen molar-refractivity contribution in [2.45, 2.75) is 13.3 Å². The van der Waals surface area contributed by atoms with Gasteiger partial charge >= 0.3 is 0 Å². The molecule has 0 fully saturated rings. The monoisotopic (exact) mass is 237 g/mol. The normalized spacial score (nSPS) is 9.76. The molecule has 0 saturated heterocycles. The second-order valence-electron chi connectivity index (χ2n) is 3.66. The Bertz CT molecular complexity index is 387. The minimum Gasteiger partial charge on any atom is -0.493 e. The number of rotatable bonds is 6. The van der Waals surface area contributed by atoms with E-state index in [1.54, 1.807) is 7.11 Å². The first-order valence-corrected chi connectivity index (χ1v) is 5.46. The molecule has 94 valence electrons. The van der Waals surface area contributed by atoms with E-state index in [2.05, 4.69) is 4.99 Å². The molecule has 1 aromatic rings. The zero-order chi connectivity index (χ0) is 12.7. The molecule has 0 saturated carbocycles. The molecule has 17 heavy (non-hydrogen) atoms. The third kappa shape index (κ3) is 4.63. The van der Waals surface area contributed by atoms with Crippen molar-refractivity contribution in [3.05, 3.63) is 23.8 Å². The molecule has 1 rings (SSSR count). The highest BCUT2D eigenvalue weighted by Gasteiger charge is 2.03. The van der Waals surface area contributed by atoms with Gasteiger partial charge in [-0.1, -0.05) is 6.07 Å². The van der Waals surface area contributed by atoms with Crippen LogP contribution in [0.25, 0.3) is 0 Å². The number of guanidine groups is 1. The van der Waals surface area contributed by atoms with Crippen LogP contribution in [0.3, 0.4) is 0 Å². The van der Waals surface area contributed by atoms with Crippen molar-refractivity contribution < 1.29 is 9.47 Å². The van der Waals surface area contributed by atoms with Gasteiger partial charge in [-0.3, -0.25) is 4.99 Å². The molecule has 0 amide bonds. The van der Waals surface area contributed by atoms with Crippen molar-refractivity contribution in [2.24, 2.45) is 16.5 Å². The van der Waals surface area contributed by atoms with E-state index in [1.165, 1.54) is 0 Å². The average Bonchev–Trinajstić information content (AvgIpc) is 2.29. The Labute approximate surface area is 101 Å². The summed E-state index contributed by atoms with van der Waals surface area (Å²) in [5.74, 6) is 1.59. The van der Waals surface area contributed by atoms with E-state index < -0.39 is 0 Å². The van der Waals surface area contributed by atoms with Crippen LogP contribution < -0.4 is 20.9 Å². The van der Waals surface area contributed by atoms with Crippen molar-refractivity contribution in [1.82, 2.24) is 0 Å². The quantitative estimate of drug-likeness (QED) is 0.440. The molecule has 0 atom stereocenters. The van der Waals surface area contributed by atoms with Crippen LogP contribution in [0, 0.1) is 6.92 Å². The predicted molar refractivity (Wildman–Crippen MR) is 68.5 cm³/mol. The molecule has 0 spiro atoms. The first-order valence-electron chi connectivity index (χ1n) is 5.46. The SMILES string of the molecule is COc1cc(C)ccc1OCCCN=C(N)N. The molecule has 0 aliphatic heterocycles. The lowest BCUT2D eigenvalue weighted by Gasteiger charge is -2.10. The van der Waals surface area contributed by atoms with E-state index in [4.69, 9.17) is 20.9 Å². The Morgan fingerprint density at radius 3 is 2.71 bits per heavy atom.